The highest BCUT2D eigenvalue weighted by Crippen LogP contribution is 2.30. The van der Waals surface area contributed by atoms with Gasteiger partial charge < -0.3 is 18.9 Å². The lowest BCUT2D eigenvalue weighted by molar-refractivity contribution is -0.135. The van der Waals surface area contributed by atoms with Crippen molar-refractivity contribution in [1.29, 1.82) is 0 Å². The predicted molar refractivity (Wildman–Crippen MR) is 139 cm³/mol. The lowest BCUT2D eigenvalue weighted by atomic mass is 9.97. The highest BCUT2D eigenvalue weighted by molar-refractivity contribution is 7.89. The number of likely N-dealkylation sites (tertiary alicyclic amines) is 1. The minimum Gasteiger partial charge on any atom is -0.493 e. The van der Waals surface area contributed by atoms with Crippen LogP contribution in [0.1, 0.15) is 37.1 Å². The van der Waals surface area contributed by atoms with Gasteiger partial charge in [-0.05, 0) is 67.6 Å². The maximum Gasteiger partial charge on any atom is 0.243 e. The largest absolute Gasteiger partial charge is 0.493 e. The van der Waals surface area contributed by atoms with Gasteiger partial charge in [0.15, 0.2) is 11.5 Å². The van der Waals surface area contributed by atoms with Crippen LogP contribution in [0, 0.1) is 5.92 Å². The van der Waals surface area contributed by atoms with Crippen LogP contribution in [-0.2, 0) is 21.2 Å². The molecule has 0 N–H and O–H groups in total. The van der Waals surface area contributed by atoms with Gasteiger partial charge in [0.05, 0.1) is 25.5 Å². The molecule has 202 valence electrons. The number of rotatable bonds is 8. The van der Waals surface area contributed by atoms with Crippen molar-refractivity contribution < 1.29 is 27.2 Å². The predicted octanol–water partition coefficient (Wildman–Crippen LogP) is 3.37. The molecule has 0 spiro atoms. The summed E-state index contributed by atoms with van der Waals surface area (Å²) in [6, 6.07) is 12.1. The van der Waals surface area contributed by atoms with Crippen molar-refractivity contribution in [2.75, 3.05) is 40.4 Å². The lowest BCUT2D eigenvalue weighted by Crippen LogP contribution is -2.43. The number of hydrogen-bond acceptors (Lipinski definition) is 8. The quantitative estimate of drug-likeness (QED) is 0.427. The second kappa shape index (κ2) is 11.1. The smallest absolute Gasteiger partial charge is 0.243 e. The molecule has 1 amide bonds. The fourth-order valence-corrected chi connectivity index (χ4v) is 6.54. The molecule has 2 fully saturated rings. The lowest BCUT2D eigenvalue weighted by Gasteiger charge is -2.32. The van der Waals surface area contributed by atoms with Gasteiger partial charge in [-0.1, -0.05) is 11.2 Å². The maximum absolute atomic E-state index is 13.2. The van der Waals surface area contributed by atoms with Crippen LogP contribution < -0.4 is 9.47 Å². The summed E-state index contributed by atoms with van der Waals surface area (Å²) >= 11 is 0. The number of hydrogen-bond donors (Lipinski definition) is 0. The van der Waals surface area contributed by atoms with E-state index in [4.69, 9.17) is 14.0 Å². The fourth-order valence-electron chi connectivity index (χ4n) is 5.07. The monoisotopic (exact) mass is 540 g/mol. The van der Waals surface area contributed by atoms with E-state index in [-0.39, 0.29) is 16.7 Å². The maximum atomic E-state index is 13.2. The van der Waals surface area contributed by atoms with Crippen LogP contribution in [0.2, 0.25) is 0 Å². The molecule has 0 atom stereocenters. The molecule has 2 aliphatic rings. The molecule has 2 aromatic carbocycles. The SMILES string of the molecule is COc1ccc(Cc2nc(-c3ccc(S(=O)(=O)N4CCC(C(=O)N5CCCC5)CC4)cc3)no2)cc1OC. The van der Waals surface area contributed by atoms with Crippen LogP contribution in [0.5, 0.6) is 11.5 Å². The molecule has 11 heteroatoms. The van der Waals surface area contributed by atoms with Crippen molar-refractivity contribution in [3.05, 3.63) is 53.9 Å². The molecule has 0 saturated carbocycles. The summed E-state index contributed by atoms with van der Waals surface area (Å²) in [5.74, 6) is 2.14. The summed E-state index contributed by atoms with van der Waals surface area (Å²) in [5, 5.41) is 4.06. The number of nitrogens with zero attached hydrogens (tertiary/aromatic N) is 4. The highest BCUT2D eigenvalue weighted by Gasteiger charge is 2.34. The van der Waals surface area contributed by atoms with Gasteiger partial charge in [-0.25, -0.2) is 8.42 Å². The van der Waals surface area contributed by atoms with E-state index in [1.807, 2.05) is 23.1 Å². The zero-order chi connectivity index (χ0) is 26.7. The first kappa shape index (κ1) is 26.2. The van der Waals surface area contributed by atoms with E-state index in [0.717, 1.165) is 31.5 Å². The van der Waals surface area contributed by atoms with Crippen LogP contribution >= 0.6 is 0 Å². The molecular formula is C27H32N4O6S. The number of sulfonamides is 1. The Hall–Kier alpha value is -3.44. The van der Waals surface area contributed by atoms with Gasteiger partial charge in [-0.2, -0.15) is 9.29 Å². The Labute approximate surface area is 222 Å². The van der Waals surface area contributed by atoms with Gasteiger partial charge in [0, 0.05) is 37.7 Å². The van der Waals surface area contributed by atoms with E-state index in [1.54, 1.807) is 38.5 Å². The van der Waals surface area contributed by atoms with Crippen molar-refractivity contribution in [1.82, 2.24) is 19.3 Å². The first-order valence-electron chi connectivity index (χ1n) is 12.8. The standard InChI is InChI=1S/C27H32N4O6S/c1-35-23-10-5-19(17-24(23)36-2)18-25-28-26(29-37-25)20-6-8-22(9-7-20)38(33,34)31-15-11-21(12-16-31)27(32)30-13-3-4-14-30/h5-10,17,21H,3-4,11-16,18H2,1-2H3. The summed E-state index contributed by atoms with van der Waals surface area (Å²) in [7, 11) is -0.495. The molecule has 0 radical (unpaired) electrons. The summed E-state index contributed by atoms with van der Waals surface area (Å²) in [5.41, 5.74) is 1.58. The van der Waals surface area contributed by atoms with E-state index in [1.165, 1.54) is 4.31 Å². The van der Waals surface area contributed by atoms with Crippen molar-refractivity contribution in [3.8, 4) is 22.9 Å². The molecule has 38 heavy (non-hydrogen) atoms. The third-order valence-corrected chi connectivity index (χ3v) is 9.16. The molecule has 0 unspecified atom stereocenters. The van der Waals surface area contributed by atoms with E-state index in [9.17, 15) is 13.2 Å². The molecule has 3 heterocycles. The van der Waals surface area contributed by atoms with Gasteiger partial charge in [0.2, 0.25) is 27.6 Å². The number of aromatic nitrogens is 2. The van der Waals surface area contributed by atoms with Crippen molar-refractivity contribution in [3.63, 3.8) is 0 Å². The second-order valence-electron chi connectivity index (χ2n) is 9.61. The number of carbonyl (C=O) groups is 1. The molecule has 5 rings (SSSR count). The highest BCUT2D eigenvalue weighted by atomic mass is 32.2. The van der Waals surface area contributed by atoms with Gasteiger partial charge in [-0.3, -0.25) is 4.79 Å². The summed E-state index contributed by atoms with van der Waals surface area (Å²) in [4.78, 5) is 19.3. The van der Waals surface area contributed by atoms with Crippen LogP contribution in [-0.4, -0.2) is 74.1 Å². The van der Waals surface area contributed by atoms with Gasteiger partial charge in [0.1, 0.15) is 0 Å². The Balaban J connectivity index is 1.22. The molecule has 10 nitrogen and oxygen atoms in total. The fraction of sp³-hybridized carbons (Fsp3) is 0.444. The van der Waals surface area contributed by atoms with Crippen molar-refractivity contribution in [2.24, 2.45) is 5.92 Å². The second-order valence-corrected chi connectivity index (χ2v) is 11.6. The average molecular weight is 541 g/mol. The van der Waals surface area contributed by atoms with E-state index in [0.29, 0.717) is 61.1 Å². The third kappa shape index (κ3) is 5.39. The number of piperidine rings is 1. The Bertz CT molecular complexity index is 1370. The van der Waals surface area contributed by atoms with Crippen molar-refractivity contribution in [2.45, 2.75) is 37.0 Å². The van der Waals surface area contributed by atoms with E-state index >= 15 is 0 Å². The zero-order valence-corrected chi connectivity index (χ0v) is 22.4. The number of benzene rings is 2. The van der Waals surface area contributed by atoms with Crippen molar-refractivity contribution >= 4 is 15.9 Å². The molecular weight excluding hydrogens is 508 g/mol. The molecule has 1 aromatic heterocycles. The number of carbonyl (C=O) groups excluding carboxylic acids is 1. The molecule has 0 aliphatic carbocycles. The Morgan fingerprint density at radius 1 is 0.974 bits per heavy atom. The zero-order valence-electron chi connectivity index (χ0n) is 21.6. The molecule has 0 bridgehead atoms. The first-order valence-corrected chi connectivity index (χ1v) is 14.3. The Kier molecular flexibility index (Phi) is 7.66. The first-order chi connectivity index (χ1) is 18.4. The number of ether oxygens (including phenoxy) is 2. The number of amides is 1. The van der Waals surface area contributed by atoms with Gasteiger partial charge in [0.25, 0.3) is 0 Å². The van der Waals surface area contributed by atoms with E-state index in [2.05, 4.69) is 10.1 Å². The summed E-state index contributed by atoms with van der Waals surface area (Å²) < 4.78 is 44.0. The minimum absolute atomic E-state index is 0.0895. The summed E-state index contributed by atoms with van der Waals surface area (Å²) in [6.45, 7) is 2.33. The Morgan fingerprint density at radius 3 is 2.32 bits per heavy atom. The summed E-state index contributed by atoms with van der Waals surface area (Å²) in [6.07, 6.45) is 3.63. The molecule has 2 aliphatic heterocycles. The van der Waals surface area contributed by atoms with Crippen LogP contribution in [0.15, 0.2) is 51.9 Å². The van der Waals surface area contributed by atoms with Gasteiger partial charge >= 0.3 is 0 Å². The normalized spacial score (nSPS) is 17.1. The molecule has 2 saturated heterocycles. The Morgan fingerprint density at radius 2 is 1.66 bits per heavy atom. The number of methoxy groups -OCH3 is 2. The minimum atomic E-state index is -3.65. The topological polar surface area (TPSA) is 115 Å². The van der Waals surface area contributed by atoms with Crippen LogP contribution in [0.3, 0.4) is 0 Å². The molecule has 3 aromatic rings. The van der Waals surface area contributed by atoms with E-state index < -0.39 is 10.0 Å². The average Bonchev–Trinajstić information content (AvgIpc) is 3.66. The van der Waals surface area contributed by atoms with Crippen LogP contribution in [0.25, 0.3) is 11.4 Å². The third-order valence-electron chi connectivity index (χ3n) is 7.24. The van der Waals surface area contributed by atoms with Crippen LogP contribution in [0.4, 0.5) is 0 Å². The van der Waals surface area contributed by atoms with Gasteiger partial charge in [-0.15, -0.1) is 0 Å².